The van der Waals surface area contributed by atoms with Gasteiger partial charge in [0, 0.05) is 0 Å². The maximum absolute atomic E-state index is 10.0. The first kappa shape index (κ1) is 8.90. The van der Waals surface area contributed by atoms with Crippen LogP contribution in [-0.2, 0) is 9.59 Å². The molecule has 0 aliphatic rings. The number of hydrogen-bond donors (Lipinski definition) is 3. The largest absolute Gasteiger partial charge is 0.481 e. The van der Waals surface area contributed by atoms with E-state index in [1.807, 2.05) is 0 Å². The van der Waals surface area contributed by atoms with Gasteiger partial charge in [-0.05, 0) is 0 Å². The molecule has 0 atom stereocenters. The summed E-state index contributed by atoms with van der Waals surface area (Å²) in [5.41, 5.74) is 0. The van der Waals surface area contributed by atoms with Crippen LogP contribution in [0.2, 0.25) is 0 Å². The molecule has 0 aromatic rings. The van der Waals surface area contributed by atoms with Crippen molar-refractivity contribution in [2.45, 2.75) is 6.42 Å². The molecule has 0 amide bonds. The Hall–Kier alpha value is -1.10. The van der Waals surface area contributed by atoms with Crippen LogP contribution in [0.5, 0.6) is 0 Å². The molecule has 57 valence electrons. The lowest BCUT2D eigenvalue weighted by atomic mass is 10.1. The summed E-state index contributed by atoms with van der Waals surface area (Å²) in [5.74, 6) is -3.04. The Morgan fingerprint density at radius 3 is 1.80 bits per heavy atom. The highest BCUT2D eigenvalue weighted by Crippen LogP contribution is 2.03. The number of aliphatic hydroxyl groups excluding tert-OH is 1. The Balaban J connectivity index is 3.83. The highest BCUT2D eigenvalue weighted by Gasteiger charge is 2.20. The fourth-order valence-electron chi connectivity index (χ4n) is 0.382. The highest BCUT2D eigenvalue weighted by molar-refractivity contribution is 5.88. The molecular weight excluding hydrogens is 140 g/mol. The van der Waals surface area contributed by atoms with Crippen LogP contribution in [0, 0.1) is 5.92 Å². The van der Waals surface area contributed by atoms with Crippen LogP contribution in [0.25, 0.3) is 0 Å². The number of aliphatic hydroxyl groups is 1. The number of carboxylic acid groups (broad SMARTS) is 2. The zero-order valence-electron chi connectivity index (χ0n) is 5.07. The SMILES string of the molecule is O=C(O)C[C](CO)C(=O)O. The van der Waals surface area contributed by atoms with Crippen molar-refractivity contribution in [1.29, 1.82) is 0 Å². The summed E-state index contributed by atoms with van der Waals surface area (Å²) in [7, 11) is 0. The first-order valence-electron chi connectivity index (χ1n) is 2.48. The van der Waals surface area contributed by atoms with Crippen molar-refractivity contribution in [1.82, 2.24) is 0 Å². The monoisotopic (exact) mass is 147 g/mol. The van der Waals surface area contributed by atoms with Gasteiger partial charge < -0.3 is 15.3 Å². The molecule has 0 rings (SSSR count). The van der Waals surface area contributed by atoms with E-state index in [1.165, 1.54) is 0 Å². The van der Waals surface area contributed by atoms with E-state index in [9.17, 15) is 9.59 Å². The molecule has 5 nitrogen and oxygen atoms in total. The zero-order chi connectivity index (χ0) is 8.15. The van der Waals surface area contributed by atoms with Crippen LogP contribution >= 0.6 is 0 Å². The fraction of sp³-hybridized carbons (Fsp3) is 0.400. The molecule has 0 heterocycles. The second-order valence-electron chi connectivity index (χ2n) is 1.64. The molecular formula is C5H7O5. The minimum atomic E-state index is -1.37. The molecule has 0 aliphatic carbocycles. The third kappa shape index (κ3) is 3.03. The smallest absolute Gasteiger partial charge is 0.313 e. The van der Waals surface area contributed by atoms with Gasteiger partial charge >= 0.3 is 11.9 Å². The second-order valence-corrected chi connectivity index (χ2v) is 1.64. The van der Waals surface area contributed by atoms with E-state index in [-0.39, 0.29) is 0 Å². The van der Waals surface area contributed by atoms with Crippen molar-refractivity contribution in [2.24, 2.45) is 0 Å². The van der Waals surface area contributed by atoms with Crippen LogP contribution in [0.3, 0.4) is 0 Å². The first-order valence-corrected chi connectivity index (χ1v) is 2.48. The van der Waals surface area contributed by atoms with Crippen LogP contribution < -0.4 is 0 Å². The van der Waals surface area contributed by atoms with Gasteiger partial charge in [-0.15, -0.1) is 0 Å². The predicted molar refractivity (Wildman–Crippen MR) is 30.2 cm³/mol. The number of carbonyl (C=O) groups is 2. The normalized spacial score (nSPS) is 9.80. The molecule has 0 spiro atoms. The summed E-state index contributed by atoms with van der Waals surface area (Å²) in [5, 5.41) is 24.5. The summed E-state index contributed by atoms with van der Waals surface area (Å²) < 4.78 is 0. The van der Waals surface area contributed by atoms with E-state index in [1.54, 1.807) is 0 Å². The van der Waals surface area contributed by atoms with Crippen molar-refractivity contribution in [3.63, 3.8) is 0 Å². The van der Waals surface area contributed by atoms with Crippen molar-refractivity contribution < 1.29 is 24.9 Å². The lowest BCUT2D eigenvalue weighted by Crippen LogP contribution is -2.18. The van der Waals surface area contributed by atoms with E-state index < -0.39 is 30.9 Å². The molecule has 5 heteroatoms. The van der Waals surface area contributed by atoms with Gasteiger partial charge in [-0.25, -0.2) is 0 Å². The minimum Gasteiger partial charge on any atom is -0.481 e. The van der Waals surface area contributed by atoms with E-state index in [4.69, 9.17) is 15.3 Å². The average Bonchev–Trinajstić information content (AvgIpc) is 1.81. The van der Waals surface area contributed by atoms with E-state index in [0.29, 0.717) is 0 Å². The van der Waals surface area contributed by atoms with Gasteiger partial charge in [0.2, 0.25) is 0 Å². The van der Waals surface area contributed by atoms with Crippen molar-refractivity contribution in [3.05, 3.63) is 5.92 Å². The molecule has 10 heavy (non-hydrogen) atoms. The summed E-state index contributed by atoms with van der Waals surface area (Å²) in [6, 6.07) is 0. The van der Waals surface area contributed by atoms with Gasteiger partial charge in [0.05, 0.1) is 13.0 Å². The molecule has 0 bridgehead atoms. The Kier molecular flexibility index (Phi) is 3.42. The van der Waals surface area contributed by atoms with Gasteiger partial charge in [0.1, 0.15) is 5.92 Å². The molecule has 0 fully saturated rings. The van der Waals surface area contributed by atoms with Gasteiger partial charge in [-0.2, -0.15) is 0 Å². The van der Waals surface area contributed by atoms with Crippen LogP contribution in [0.4, 0.5) is 0 Å². The van der Waals surface area contributed by atoms with E-state index in [2.05, 4.69) is 0 Å². The molecule has 0 saturated heterocycles. The van der Waals surface area contributed by atoms with Crippen molar-refractivity contribution in [2.75, 3.05) is 6.61 Å². The molecule has 0 aromatic heterocycles. The second kappa shape index (κ2) is 3.84. The summed E-state index contributed by atoms with van der Waals surface area (Å²) in [4.78, 5) is 19.9. The number of rotatable bonds is 4. The number of carboxylic acids is 2. The number of hydrogen-bond acceptors (Lipinski definition) is 3. The summed E-state index contributed by atoms with van der Waals surface area (Å²) >= 11 is 0. The quantitative estimate of drug-likeness (QED) is 0.479. The summed E-state index contributed by atoms with van der Waals surface area (Å²) in [6.07, 6.45) is -0.619. The third-order valence-electron chi connectivity index (χ3n) is 0.858. The maximum atomic E-state index is 10.0. The predicted octanol–water partition coefficient (Wildman–Crippen LogP) is -0.888. The first-order chi connectivity index (χ1) is 4.57. The van der Waals surface area contributed by atoms with E-state index >= 15 is 0 Å². The Bertz CT molecular complexity index is 141. The van der Waals surface area contributed by atoms with Crippen molar-refractivity contribution in [3.8, 4) is 0 Å². The minimum absolute atomic E-state index is 0.410. The lowest BCUT2D eigenvalue weighted by molar-refractivity contribution is -0.142. The molecule has 0 aliphatic heterocycles. The molecule has 0 unspecified atom stereocenters. The van der Waals surface area contributed by atoms with Gasteiger partial charge in [0.25, 0.3) is 0 Å². The average molecular weight is 147 g/mol. The summed E-state index contributed by atoms with van der Waals surface area (Å²) in [6.45, 7) is -0.721. The van der Waals surface area contributed by atoms with Gasteiger partial charge in [-0.3, -0.25) is 9.59 Å². The fourth-order valence-corrected chi connectivity index (χ4v) is 0.382. The standard InChI is InChI=1S/C5H7O5/c6-2-3(5(9)10)1-4(7)8/h6H,1-2H2,(H,7,8)(H,9,10). The molecule has 0 aromatic carbocycles. The zero-order valence-corrected chi connectivity index (χ0v) is 5.07. The number of aliphatic carboxylic acids is 2. The third-order valence-corrected chi connectivity index (χ3v) is 0.858. The molecule has 1 radical (unpaired) electrons. The van der Waals surface area contributed by atoms with Crippen LogP contribution in [0.15, 0.2) is 0 Å². The van der Waals surface area contributed by atoms with E-state index in [0.717, 1.165) is 0 Å². The highest BCUT2D eigenvalue weighted by atomic mass is 16.4. The van der Waals surface area contributed by atoms with Crippen LogP contribution in [0.1, 0.15) is 6.42 Å². The van der Waals surface area contributed by atoms with Gasteiger partial charge in [0.15, 0.2) is 0 Å². The van der Waals surface area contributed by atoms with Crippen molar-refractivity contribution >= 4 is 11.9 Å². The van der Waals surface area contributed by atoms with Crippen LogP contribution in [-0.4, -0.2) is 33.9 Å². The molecule has 3 N–H and O–H groups in total. The topological polar surface area (TPSA) is 94.8 Å². The maximum Gasteiger partial charge on any atom is 0.313 e. The lowest BCUT2D eigenvalue weighted by Gasteiger charge is -2.02. The van der Waals surface area contributed by atoms with Gasteiger partial charge in [-0.1, -0.05) is 0 Å². The Morgan fingerprint density at radius 2 is 1.70 bits per heavy atom. The molecule has 0 saturated carbocycles. The Labute approximate surface area is 56.9 Å². The Morgan fingerprint density at radius 1 is 1.20 bits per heavy atom.